The first kappa shape index (κ1) is 19.7. The van der Waals surface area contributed by atoms with Crippen LogP contribution in [0.3, 0.4) is 0 Å². The third kappa shape index (κ3) is 3.47. The molecule has 0 radical (unpaired) electrons. The number of hydrogen-bond acceptors (Lipinski definition) is 2. The third-order valence-corrected chi connectivity index (χ3v) is 9.39. The van der Waals surface area contributed by atoms with E-state index >= 15 is 0 Å². The second-order valence-corrected chi connectivity index (χ2v) is 13.4. The standard InChI is InChI=1S/C14H27F3O2P/c1-11(2,3)20(12(4,5)6,13(7,8)9)19-10(18)14(15,16)17/h1-9H3/q+1. The lowest BCUT2D eigenvalue weighted by atomic mass is 10.2. The summed E-state index contributed by atoms with van der Waals surface area (Å²) in [4.78, 5) is 11.5. The molecule has 0 aliphatic heterocycles. The van der Waals surface area contributed by atoms with Gasteiger partial charge in [0.1, 0.15) is 15.5 Å². The maximum Gasteiger partial charge on any atom is 0.495 e. The molecule has 0 spiro atoms. The quantitative estimate of drug-likeness (QED) is 0.604. The largest absolute Gasteiger partial charge is 0.495 e. The van der Waals surface area contributed by atoms with Crippen molar-refractivity contribution in [3.05, 3.63) is 0 Å². The van der Waals surface area contributed by atoms with Crippen LogP contribution in [-0.4, -0.2) is 27.6 Å². The number of alkyl halides is 3. The molecule has 0 atom stereocenters. The molecule has 0 amide bonds. The summed E-state index contributed by atoms with van der Waals surface area (Å²) in [7, 11) is -2.77. The van der Waals surface area contributed by atoms with Crippen LogP contribution >= 0.6 is 7.49 Å². The molecule has 0 aromatic carbocycles. The number of halogens is 3. The Bertz CT molecular complexity index is 332. The molecule has 0 heterocycles. The smallest absolute Gasteiger partial charge is 0.302 e. The van der Waals surface area contributed by atoms with Crippen molar-refractivity contribution in [1.82, 2.24) is 0 Å². The third-order valence-electron chi connectivity index (χ3n) is 3.29. The molecule has 2 nitrogen and oxygen atoms in total. The average molecular weight is 315 g/mol. The van der Waals surface area contributed by atoms with Gasteiger partial charge in [0.2, 0.25) is 7.49 Å². The predicted molar refractivity (Wildman–Crippen MR) is 78.3 cm³/mol. The van der Waals surface area contributed by atoms with Crippen LogP contribution in [0.4, 0.5) is 13.2 Å². The summed E-state index contributed by atoms with van der Waals surface area (Å²) in [6.45, 7) is 16.6. The zero-order valence-corrected chi connectivity index (χ0v) is 14.8. The van der Waals surface area contributed by atoms with Crippen LogP contribution in [0.5, 0.6) is 0 Å². The minimum atomic E-state index is -4.97. The zero-order valence-electron chi connectivity index (χ0n) is 13.9. The van der Waals surface area contributed by atoms with Crippen molar-refractivity contribution in [1.29, 1.82) is 0 Å². The molecule has 0 aliphatic rings. The van der Waals surface area contributed by atoms with Crippen molar-refractivity contribution in [3.63, 3.8) is 0 Å². The van der Waals surface area contributed by atoms with E-state index in [-0.39, 0.29) is 0 Å². The van der Waals surface area contributed by atoms with Gasteiger partial charge >= 0.3 is 12.1 Å². The van der Waals surface area contributed by atoms with E-state index in [0.717, 1.165) is 0 Å². The Hall–Kier alpha value is -0.310. The van der Waals surface area contributed by atoms with Gasteiger partial charge in [-0.1, -0.05) is 0 Å². The minimum Gasteiger partial charge on any atom is -0.302 e. The van der Waals surface area contributed by atoms with Crippen LogP contribution in [0.2, 0.25) is 0 Å². The van der Waals surface area contributed by atoms with Crippen LogP contribution in [0.25, 0.3) is 0 Å². The first-order valence-corrected chi connectivity index (χ1v) is 8.29. The summed E-state index contributed by atoms with van der Waals surface area (Å²) in [6, 6.07) is 0. The Labute approximate surface area is 120 Å². The maximum atomic E-state index is 12.7. The molecule has 0 saturated carbocycles. The Kier molecular flexibility index (Phi) is 5.07. The lowest BCUT2D eigenvalue weighted by Crippen LogP contribution is -2.47. The monoisotopic (exact) mass is 315 g/mol. The van der Waals surface area contributed by atoms with E-state index in [1.165, 1.54) is 0 Å². The summed E-state index contributed by atoms with van der Waals surface area (Å²) in [5.74, 6) is -2.08. The van der Waals surface area contributed by atoms with E-state index in [9.17, 15) is 18.0 Å². The van der Waals surface area contributed by atoms with Gasteiger partial charge in [-0.2, -0.15) is 13.2 Å². The van der Waals surface area contributed by atoms with Gasteiger partial charge in [-0.15, -0.1) is 0 Å². The van der Waals surface area contributed by atoms with Crippen molar-refractivity contribution < 1.29 is 22.5 Å². The summed E-state index contributed by atoms with van der Waals surface area (Å²) < 4.78 is 43.3. The fourth-order valence-electron chi connectivity index (χ4n) is 3.61. The summed E-state index contributed by atoms with van der Waals surface area (Å²) >= 11 is 0. The van der Waals surface area contributed by atoms with Crippen molar-refractivity contribution in [3.8, 4) is 0 Å². The Morgan fingerprint density at radius 2 is 1.00 bits per heavy atom. The Morgan fingerprint density at radius 3 is 1.15 bits per heavy atom. The lowest BCUT2D eigenvalue weighted by molar-refractivity contribution is -0.189. The second-order valence-electron chi connectivity index (χ2n) is 8.00. The normalized spacial score (nSPS) is 15.2. The second kappa shape index (κ2) is 5.15. The lowest BCUT2D eigenvalue weighted by Gasteiger charge is -2.50. The van der Waals surface area contributed by atoms with E-state index in [1.807, 2.05) is 62.3 Å². The van der Waals surface area contributed by atoms with Crippen molar-refractivity contribution in [2.24, 2.45) is 0 Å². The molecule has 0 aliphatic carbocycles. The van der Waals surface area contributed by atoms with Gasteiger partial charge in [0.25, 0.3) is 0 Å². The van der Waals surface area contributed by atoms with E-state index in [2.05, 4.69) is 0 Å². The van der Waals surface area contributed by atoms with Gasteiger partial charge in [-0.25, -0.2) is 4.79 Å². The molecule has 120 valence electrons. The number of rotatable bonds is 1. The van der Waals surface area contributed by atoms with Gasteiger partial charge in [0, 0.05) is 0 Å². The fraction of sp³-hybridized carbons (Fsp3) is 0.929. The van der Waals surface area contributed by atoms with E-state index in [4.69, 9.17) is 4.52 Å². The highest BCUT2D eigenvalue weighted by Crippen LogP contribution is 2.84. The SMILES string of the molecule is CC(C)(C)[P+](OC(=O)C(F)(F)F)(C(C)(C)C)C(C)(C)C. The van der Waals surface area contributed by atoms with Crippen molar-refractivity contribution in [2.45, 2.75) is 84.0 Å². The van der Waals surface area contributed by atoms with Crippen LogP contribution in [0.15, 0.2) is 0 Å². The van der Waals surface area contributed by atoms with Crippen molar-refractivity contribution >= 4 is 13.5 Å². The van der Waals surface area contributed by atoms with Crippen LogP contribution in [-0.2, 0) is 9.32 Å². The molecule has 6 heteroatoms. The Balaban J connectivity index is 6.15. The van der Waals surface area contributed by atoms with E-state index < -0.39 is 35.1 Å². The topological polar surface area (TPSA) is 26.3 Å². The number of hydrogen-bond donors (Lipinski definition) is 0. The van der Waals surface area contributed by atoms with E-state index in [1.54, 1.807) is 0 Å². The molecule has 0 aromatic heterocycles. The van der Waals surface area contributed by atoms with Gasteiger partial charge in [-0.3, -0.25) is 0 Å². The molecular formula is C14H27F3O2P+. The molecule has 0 aromatic rings. The van der Waals surface area contributed by atoms with Crippen LogP contribution in [0.1, 0.15) is 62.3 Å². The zero-order chi connectivity index (χ0) is 16.8. The van der Waals surface area contributed by atoms with Crippen LogP contribution < -0.4 is 0 Å². The molecule has 0 unspecified atom stereocenters. The summed E-state index contributed by atoms with van der Waals surface area (Å²) in [5.41, 5.74) is 0. The van der Waals surface area contributed by atoms with Gasteiger partial charge in [0.15, 0.2) is 0 Å². The first-order valence-electron chi connectivity index (χ1n) is 6.58. The molecule has 0 saturated heterocycles. The molecule has 20 heavy (non-hydrogen) atoms. The van der Waals surface area contributed by atoms with Crippen LogP contribution in [0, 0.1) is 0 Å². The fourth-order valence-corrected chi connectivity index (χ4v) is 10.8. The van der Waals surface area contributed by atoms with Gasteiger partial charge in [0.05, 0.1) is 0 Å². The molecule has 0 fully saturated rings. The first-order chi connectivity index (χ1) is 8.38. The average Bonchev–Trinajstić information content (AvgIpc) is 2.04. The maximum absolute atomic E-state index is 12.7. The molecule has 0 N–H and O–H groups in total. The minimum absolute atomic E-state index is 0.551. The van der Waals surface area contributed by atoms with Crippen molar-refractivity contribution in [2.75, 3.05) is 0 Å². The highest BCUT2D eigenvalue weighted by Gasteiger charge is 2.71. The van der Waals surface area contributed by atoms with Gasteiger partial charge in [-0.05, 0) is 62.3 Å². The summed E-state index contributed by atoms with van der Waals surface area (Å²) in [5, 5.41) is -1.65. The number of carbonyl (C=O) groups is 1. The number of carbonyl (C=O) groups excluding carboxylic acids is 1. The van der Waals surface area contributed by atoms with Gasteiger partial charge < -0.3 is 4.52 Å². The summed E-state index contributed by atoms with van der Waals surface area (Å²) in [6.07, 6.45) is -4.97. The Morgan fingerprint density at radius 1 is 0.750 bits per heavy atom. The predicted octanol–water partition coefficient (Wildman–Crippen LogP) is 5.42. The molecule has 0 rings (SSSR count). The highest BCUT2D eigenvalue weighted by molar-refractivity contribution is 7.76. The highest BCUT2D eigenvalue weighted by atomic mass is 31.2. The molecular weight excluding hydrogens is 288 g/mol. The van der Waals surface area contributed by atoms with E-state index in [0.29, 0.717) is 0 Å². The molecule has 0 bridgehead atoms.